The highest BCUT2D eigenvalue weighted by Crippen LogP contribution is 2.32. The molecule has 3 rings (SSSR count). The van der Waals surface area contributed by atoms with Gasteiger partial charge in [-0.2, -0.15) is 0 Å². The lowest BCUT2D eigenvalue weighted by molar-refractivity contribution is -0.146. The maximum absolute atomic E-state index is 12.5. The molecule has 1 aliphatic carbocycles. The number of hydrogen-bond donors (Lipinski definition) is 1. The summed E-state index contributed by atoms with van der Waals surface area (Å²) in [6.07, 6.45) is 5.50. The van der Waals surface area contributed by atoms with Crippen LogP contribution in [0.5, 0.6) is 0 Å². The van der Waals surface area contributed by atoms with E-state index in [0.717, 1.165) is 5.56 Å². The van der Waals surface area contributed by atoms with Crippen LogP contribution in [-0.2, 0) is 20.9 Å². The summed E-state index contributed by atoms with van der Waals surface area (Å²) < 4.78 is 10.4. The lowest BCUT2D eigenvalue weighted by atomic mass is 9.84. The Kier molecular flexibility index (Phi) is 9.04. The number of carbonyl (C=O) groups excluding carboxylic acids is 3. The van der Waals surface area contributed by atoms with Gasteiger partial charge in [0.05, 0.1) is 0 Å². The van der Waals surface area contributed by atoms with Gasteiger partial charge in [-0.15, -0.1) is 0 Å². The summed E-state index contributed by atoms with van der Waals surface area (Å²) in [4.78, 5) is 37.2. The van der Waals surface area contributed by atoms with Crippen LogP contribution in [-0.4, -0.2) is 30.5 Å². The fourth-order valence-electron chi connectivity index (χ4n) is 4.08. The van der Waals surface area contributed by atoms with Gasteiger partial charge >= 0.3 is 12.1 Å². The molecule has 1 fully saturated rings. The molecule has 1 atom stereocenters. The number of hydrogen-bond acceptors (Lipinski definition) is 5. The molecule has 2 aromatic rings. The quantitative estimate of drug-likeness (QED) is 0.407. The highest BCUT2D eigenvalue weighted by Gasteiger charge is 2.27. The largest absolute Gasteiger partial charge is 0.456 e. The van der Waals surface area contributed by atoms with Gasteiger partial charge in [0.15, 0.2) is 12.4 Å². The van der Waals surface area contributed by atoms with E-state index in [4.69, 9.17) is 9.47 Å². The number of alkyl carbamates (subject to hydrolysis) is 1. The highest BCUT2D eigenvalue weighted by molar-refractivity contribution is 5.98. The molecule has 0 aromatic heterocycles. The summed E-state index contributed by atoms with van der Waals surface area (Å²) in [5.41, 5.74) is 2.62. The average Bonchev–Trinajstić information content (AvgIpc) is 2.85. The van der Waals surface area contributed by atoms with E-state index in [0.29, 0.717) is 11.5 Å². The third kappa shape index (κ3) is 7.45. The Morgan fingerprint density at radius 2 is 1.58 bits per heavy atom. The van der Waals surface area contributed by atoms with E-state index in [2.05, 4.69) is 5.32 Å². The van der Waals surface area contributed by atoms with Crippen LogP contribution in [0.1, 0.15) is 73.4 Å². The van der Waals surface area contributed by atoms with Crippen molar-refractivity contribution < 1.29 is 23.9 Å². The molecule has 2 aromatic carbocycles. The second-order valence-electron chi connectivity index (χ2n) is 8.92. The maximum atomic E-state index is 12.5. The van der Waals surface area contributed by atoms with Crippen molar-refractivity contribution in [3.63, 3.8) is 0 Å². The third-order valence-electron chi connectivity index (χ3n) is 6.06. The second-order valence-corrected chi connectivity index (χ2v) is 8.92. The number of carbonyl (C=O) groups is 3. The zero-order valence-electron chi connectivity index (χ0n) is 19.4. The summed E-state index contributed by atoms with van der Waals surface area (Å²) in [5.74, 6) is -0.589. The van der Waals surface area contributed by atoms with Crippen LogP contribution in [0.4, 0.5) is 4.79 Å². The predicted octanol–water partition coefficient (Wildman–Crippen LogP) is 5.41. The van der Waals surface area contributed by atoms with Crippen molar-refractivity contribution in [3.05, 3.63) is 71.3 Å². The Hall–Kier alpha value is -3.15. The van der Waals surface area contributed by atoms with E-state index in [1.165, 1.54) is 37.7 Å². The Morgan fingerprint density at radius 1 is 0.909 bits per heavy atom. The lowest BCUT2D eigenvalue weighted by Crippen LogP contribution is -2.45. The maximum Gasteiger partial charge on any atom is 0.408 e. The van der Waals surface area contributed by atoms with Crippen LogP contribution in [0.3, 0.4) is 0 Å². The van der Waals surface area contributed by atoms with Crippen LogP contribution in [0, 0.1) is 5.92 Å². The zero-order chi connectivity index (χ0) is 23.6. The molecule has 6 nitrogen and oxygen atoms in total. The molecule has 0 aliphatic heterocycles. The number of nitrogens with one attached hydrogen (secondary N) is 1. The first-order valence-corrected chi connectivity index (χ1v) is 11.7. The van der Waals surface area contributed by atoms with Gasteiger partial charge < -0.3 is 14.8 Å². The van der Waals surface area contributed by atoms with Gasteiger partial charge in [0.2, 0.25) is 0 Å². The van der Waals surface area contributed by atoms with Gasteiger partial charge in [0, 0.05) is 5.56 Å². The smallest absolute Gasteiger partial charge is 0.408 e. The SMILES string of the molecule is CC(C)[C@H](NC(=O)OCc1ccccc1)C(=O)OCC(=O)c1ccc(C2CCCCC2)cc1. The first-order valence-electron chi connectivity index (χ1n) is 11.7. The number of Topliss-reactive ketones (excluding diaryl/α,β-unsaturated/α-hetero) is 1. The molecular formula is C27H33NO5. The number of ketones is 1. The van der Waals surface area contributed by atoms with E-state index in [1.54, 1.807) is 26.0 Å². The second kappa shape index (κ2) is 12.2. The van der Waals surface area contributed by atoms with Crippen LogP contribution >= 0.6 is 0 Å². The molecule has 0 unspecified atom stereocenters. The molecule has 0 heterocycles. The molecule has 1 amide bonds. The van der Waals surface area contributed by atoms with Gasteiger partial charge in [-0.25, -0.2) is 9.59 Å². The van der Waals surface area contributed by atoms with E-state index >= 15 is 0 Å². The summed E-state index contributed by atoms with van der Waals surface area (Å²) in [6, 6.07) is 16.0. The Balaban J connectivity index is 1.48. The van der Waals surface area contributed by atoms with Gasteiger partial charge in [0.25, 0.3) is 0 Å². The molecular weight excluding hydrogens is 418 g/mol. The predicted molar refractivity (Wildman–Crippen MR) is 126 cm³/mol. The minimum Gasteiger partial charge on any atom is -0.456 e. The van der Waals surface area contributed by atoms with Crippen molar-refractivity contribution in [1.29, 1.82) is 0 Å². The standard InChI is InChI=1S/C27H33NO5/c1-19(2)25(28-27(31)33-17-20-9-5-3-6-10-20)26(30)32-18-24(29)23-15-13-22(14-16-23)21-11-7-4-8-12-21/h3,5-6,9-10,13-16,19,21,25H,4,7-8,11-12,17-18H2,1-2H3,(H,28,31)/t25-/m0/s1. The molecule has 33 heavy (non-hydrogen) atoms. The summed E-state index contributed by atoms with van der Waals surface area (Å²) in [6.45, 7) is 3.30. The Bertz CT molecular complexity index is 917. The number of benzene rings is 2. The van der Waals surface area contributed by atoms with E-state index < -0.39 is 18.1 Å². The average molecular weight is 452 g/mol. The van der Waals surface area contributed by atoms with E-state index in [-0.39, 0.29) is 24.9 Å². The van der Waals surface area contributed by atoms with Crippen molar-refractivity contribution in [3.8, 4) is 0 Å². The fourth-order valence-corrected chi connectivity index (χ4v) is 4.08. The van der Waals surface area contributed by atoms with Crippen molar-refractivity contribution in [1.82, 2.24) is 5.32 Å². The van der Waals surface area contributed by atoms with Gasteiger partial charge in [0.1, 0.15) is 12.6 Å². The van der Waals surface area contributed by atoms with Crippen molar-refractivity contribution in [2.45, 2.75) is 64.5 Å². The number of amides is 1. The van der Waals surface area contributed by atoms with Gasteiger partial charge in [-0.05, 0) is 35.8 Å². The summed E-state index contributed by atoms with van der Waals surface area (Å²) in [5, 5.41) is 2.55. The van der Waals surface area contributed by atoms with Crippen LogP contribution in [0.25, 0.3) is 0 Å². The van der Waals surface area contributed by atoms with Crippen molar-refractivity contribution in [2.24, 2.45) is 5.92 Å². The molecule has 1 aliphatic rings. The van der Waals surface area contributed by atoms with E-state index in [9.17, 15) is 14.4 Å². The summed E-state index contributed by atoms with van der Waals surface area (Å²) in [7, 11) is 0. The minimum absolute atomic E-state index is 0.0991. The van der Waals surface area contributed by atoms with Gasteiger partial charge in [-0.3, -0.25) is 4.79 Å². The molecule has 6 heteroatoms. The third-order valence-corrected chi connectivity index (χ3v) is 6.06. The van der Waals surface area contributed by atoms with Crippen LogP contribution < -0.4 is 5.32 Å². The Labute approximate surface area is 195 Å². The number of esters is 1. The van der Waals surface area contributed by atoms with E-state index in [1.807, 2.05) is 42.5 Å². The van der Waals surface area contributed by atoms with Crippen LogP contribution in [0.2, 0.25) is 0 Å². The topological polar surface area (TPSA) is 81.7 Å². The monoisotopic (exact) mass is 451 g/mol. The lowest BCUT2D eigenvalue weighted by Gasteiger charge is -2.22. The normalized spacial score (nSPS) is 15.0. The minimum atomic E-state index is -0.908. The molecule has 176 valence electrons. The number of ether oxygens (including phenoxy) is 2. The first kappa shape index (κ1) is 24.5. The molecule has 0 radical (unpaired) electrons. The molecule has 0 saturated heterocycles. The molecule has 0 bridgehead atoms. The van der Waals surface area contributed by atoms with Crippen LogP contribution in [0.15, 0.2) is 54.6 Å². The molecule has 1 saturated carbocycles. The number of rotatable bonds is 9. The highest BCUT2D eigenvalue weighted by atomic mass is 16.6. The summed E-state index contributed by atoms with van der Waals surface area (Å²) >= 11 is 0. The van der Waals surface area contributed by atoms with Crippen molar-refractivity contribution >= 4 is 17.8 Å². The molecule has 0 spiro atoms. The Morgan fingerprint density at radius 3 is 2.21 bits per heavy atom. The van der Waals surface area contributed by atoms with Gasteiger partial charge in [-0.1, -0.05) is 87.7 Å². The first-order chi connectivity index (χ1) is 15.9. The molecule has 1 N–H and O–H groups in total. The van der Waals surface area contributed by atoms with Crippen molar-refractivity contribution in [2.75, 3.05) is 6.61 Å². The fraction of sp³-hybridized carbons (Fsp3) is 0.444. The zero-order valence-corrected chi connectivity index (χ0v) is 19.4.